The van der Waals surface area contributed by atoms with Crippen molar-refractivity contribution < 1.29 is 24.2 Å². The highest BCUT2D eigenvalue weighted by molar-refractivity contribution is 6.51. The molecule has 1 unspecified atom stereocenters. The Kier molecular flexibility index (Phi) is 5.64. The van der Waals surface area contributed by atoms with Gasteiger partial charge in [0.1, 0.15) is 29.1 Å². The number of nitrogens with zero attached hydrogens (tertiary/aromatic N) is 1. The number of ketones is 1. The van der Waals surface area contributed by atoms with Gasteiger partial charge in [-0.3, -0.25) is 14.5 Å². The van der Waals surface area contributed by atoms with Crippen molar-refractivity contribution in [3.05, 3.63) is 87.9 Å². The third kappa shape index (κ3) is 3.89. The van der Waals surface area contributed by atoms with Gasteiger partial charge in [0.25, 0.3) is 11.7 Å². The van der Waals surface area contributed by atoms with Crippen LogP contribution in [0.5, 0.6) is 5.75 Å². The molecule has 1 aliphatic heterocycles. The van der Waals surface area contributed by atoms with Crippen molar-refractivity contribution in [2.75, 3.05) is 4.90 Å². The molecule has 1 fully saturated rings. The summed E-state index contributed by atoms with van der Waals surface area (Å²) in [4.78, 5) is 27.9. The van der Waals surface area contributed by atoms with E-state index in [0.717, 1.165) is 16.7 Å². The smallest absolute Gasteiger partial charge is 0.300 e. The van der Waals surface area contributed by atoms with Crippen LogP contribution in [0.3, 0.4) is 0 Å². The number of phenols is 1. The van der Waals surface area contributed by atoms with Gasteiger partial charge in [-0.15, -0.1) is 0 Å². The third-order valence-corrected chi connectivity index (χ3v) is 6.22. The number of rotatable bonds is 3. The Labute approximate surface area is 199 Å². The van der Waals surface area contributed by atoms with E-state index >= 15 is 0 Å². The number of Topliss-reactive ketones (excluding diaryl/α,β-unsaturated/α-hetero) is 1. The average Bonchev–Trinajstić information content (AvgIpc) is 3.30. The maximum absolute atomic E-state index is 13.4. The molecule has 2 N–H and O–H groups in total. The lowest BCUT2D eigenvalue weighted by Crippen LogP contribution is -2.29. The lowest BCUT2D eigenvalue weighted by atomic mass is 9.84. The molecule has 6 heteroatoms. The number of anilines is 1. The van der Waals surface area contributed by atoms with Gasteiger partial charge in [0.05, 0.1) is 11.3 Å². The van der Waals surface area contributed by atoms with Gasteiger partial charge in [-0.2, -0.15) is 0 Å². The molecular formula is C28H29NO5. The van der Waals surface area contributed by atoms with E-state index in [2.05, 4.69) is 20.8 Å². The Bertz CT molecular complexity index is 1340. The summed E-state index contributed by atoms with van der Waals surface area (Å²) < 4.78 is 5.84. The molecule has 4 rings (SSSR count). The molecule has 0 aliphatic carbocycles. The lowest BCUT2D eigenvalue weighted by molar-refractivity contribution is -0.132. The Balaban J connectivity index is 2.00. The molecule has 1 aromatic heterocycles. The summed E-state index contributed by atoms with van der Waals surface area (Å²) in [6, 6.07) is 12.9. The van der Waals surface area contributed by atoms with E-state index in [0.29, 0.717) is 17.1 Å². The summed E-state index contributed by atoms with van der Waals surface area (Å²) in [5.41, 5.74) is 2.96. The standard InChI is InChI=1S/C28H29NO5/c1-15-7-11-21(30)20(13-15)29-24(22-12-9-17(3)34-22)23(26(32)27(29)33)25(31)19-14-18(28(4,5)6)10-8-16(19)2/h7-14,24,30-31H,1-6H3/b25-23+. The lowest BCUT2D eigenvalue weighted by Gasteiger charge is -2.25. The van der Waals surface area contributed by atoms with Gasteiger partial charge in [0.2, 0.25) is 0 Å². The second-order valence-corrected chi connectivity index (χ2v) is 9.89. The van der Waals surface area contributed by atoms with Gasteiger partial charge in [-0.1, -0.05) is 39.0 Å². The molecule has 0 radical (unpaired) electrons. The van der Waals surface area contributed by atoms with Crippen LogP contribution in [-0.2, 0) is 15.0 Å². The quantitative estimate of drug-likeness (QED) is 0.292. The largest absolute Gasteiger partial charge is 0.507 e. The average molecular weight is 460 g/mol. The van der Waals surface area contributed by atoms with Gasteiger partial charge in [0.15, 0.2) is 0 Å². The van der Waals surface area contributed by atoms with E-state index in [1.54, 1.807) is 31.2 Å². The van der Waals surface area contributed by atoms with Crippen molar-refractivity contribution in [2.24, 2.45) is 0 Å². The molecule has 2 aromatic carbocycles. The molecule has 0 saturated carbocycles. The van der Waals surface area contributed by atoms with Crippen LogP contribution in [-0.4, -0.2) is 21.9 Å². The minimum absolute atomic E-state index is 0.0746. The molecule has 176 valence electrons. The van der Waals surface area contributed by atoms with Gasteiger partial charge in [-0.05, 0) is 73.2 Å². The highest BCUT2D eigenvalue weighted by Gasteiger charge is 2.49. The fourth-order valence-corrected chi connectivity index (χ4v) is 4.27. The highest BCUT2D eigenvalue weighted by Crippen LogP contribution is 2.45. The van der Waals surface area contributed by atoms with E-state index in [1.165, 1.54) is 11.0 Å². The van der Waals surface area contributed by atoms with E-state index in [-0.39, 0.29) is 28.2 Å². The van der Waals surface area contributed by atoms with Crippen LogP contribution in [0, 0.1) is 20.8 Å². The Morgan fingerprint density at radius 2 is 1.68 bits per heavy atom. The predicted molar refractivity (Wildman–Crippen MR) is 131 cm³/mol. The minimum Gasteiger partial charge on any atom is -0.507 e. The number of aryl methyl sites for hydroxylation is 3. The Morgan fingerprint density at radius 3 is 2.29 bits per heavy atom. The second kappa shape index (κ2) is 8.20. The fourth-order valence-electron chi connectivity index (χ4n) is 4.27. The number of carbonyl (C=O) groups excluding carboxylic acids is 2. The number of benzene rings is 2. The molecular weight excluding hydrogens is 430 g/mol. The molecule has 1 atom stereocenters. The van der Waals surface area contributed by atoms with Crippen molar-refractivity contribution in [2.45, 2.75) is 53.0 Å². The van der Waals surface area contributed by atoms with Crippen molar-refractivity contribution >= 4 is 23.1 Å². The van der Waals surface area contributed by atoms with Crippen LogP contribution in [0.4, 0.5) is 5.69 Å². The Morgan fingerprint density at radius 1 is 0.971 bits per heavy atom. The first kappa shape index (κ1) is 23.4. The maximum atomic E-state index is 13.4. The van der Waals surface area contributed by atoms with E-state index in [1.807, 2.05) is 32.0 Å². The van der Waals surface area contributed by atoms with Crippen LogP contribution < -0.4 is 4.90 Å². The van der Waals surface area contributed by atoms with Crippen molar-refractivity contribution in [3.8, 4) is 5.75 Å². The summed E-state index contributed by atoms with van der Waals surface area (Å²) in [6.07, 6.45) is 0. The van der Waals surface area contributed by atoms with Crippen LogP contribution in [0.15, 0.2) is 58.5 Å². The minimum atomic E-state index is -1.03. The van der Waals surface area contributed by atoms with Crippen molar-refractivity contribution in [1.29, 1.82) is 0 Å². The molecule has 1 amide bonds. The predicted octanol–water partition coefficient (Wildman–Crippen LogP) is 5.83. The van der Waals surface area contributed by atoms with Gasteiger partial charge < -0.3 is 14.6 Å². The molecule has 0 bridgehead atoms. The van der Waals surface area contributed by atoms with Crippen molar-refractivity contribution in [1.82, 2.24) is 0 Å². The number of furan rings is 1. The number of carbonyl (C=O) groups is 2. The van der Waals surface area contributed by atoms with Gasteiger partial charge >= 0.3 is 0 Å². The number of hydrogen-bond donors (Lipinski definition) is 2. The van der Waals surface area contributed by atoms with Crippen LogP contribution in [0.25, 0.3) is 5.76 Å². The zero-order valence-corrected chi connectivity index (χ0v) is 20.3. The molecule has 0 spiro atoms. The number of aliphatic hydroxyl groups is 1. The molecule has 34 heavy (non-hydrogen) atoms. The third-order valence-electron chi connectivity index (χ3n) is 6.22. The van der Waals surface area contributed by atoms with Crippen LogP contribution in [0.2, 0.25) is 0 Å². The number of aliphatic hydroxyl groups excluding tert-OH is 1. The van der Waals surface area contributed by atoms with Gasteiger partial charge in [0, 0.05) is 5.56 Å². The van der Waals surface area contributed by atoms with Crippen LogP contribution in [0.1, 0.15) is 60.6 Å². The molecule has 6 nitrogen and oxygen atoms in total. The number of hydrogen-bond acceptors (Lipinski definition) is 5. The monoisotopic (exact) mass is 459 g/mol. The molecule has 2 heterocycles. The molecule has 1 saturated heterocycles. The van der Waals surface area contributed by atoms with E-state index in [4.69, 9.17) is 4.42 Å². The van der Waals surface area contributed by atoms with Crippen LogP contribution >= 0.6 is 0 Å². The number of aromatic hydroxyl groups is 1. The zero-order valence-electron chi connectivity index (χ0n) is 20.3. The first-order chi connectivity index (χ1) is 15.9. The summed E-state index contributed by atoms with van der Waals surface area (Å²) >= 11 is 0. The molecule has 3 aromatic rings. The summed E-state index contributed by atoms with van der Waals surface area (Å²) in [7, 11) is 0. The SMILES string of the molecule is Cc1ccc(O)c(N2C(=O)C(=O)/C(=C(/O)c3cc(C(C)(C)C)ccc3C)C2c2ccc(C)o2)c1. The molecule has 1 aliphatic rings. The fraction of sp³-hybridized carbons (Fsp3) is 0.286. The van der Waals surface area contributed by atoms with E-state index in [9.17, 15) is 19.8 Å². The van der Waals surface area contributed by atoms with Crippen molar-refractivity contribution in [3.63, 3.8) is 0 Å². The topological polar surface area (TPSA) is 91.0 Å². The van der Waals surface area contributed by atoms with Gasteiger partial charge in [-0.25, -0.2) is 0 Å². The normalized spacial score (nSPS) is 18.1. The maximum Gasteiger partial charge on any atom is 0.300 e. The summed E-state index contributed by atoms with van der Waals surface area (Å²) in [5, 5.41) is 22.0. The summed E-state index contributed by atoms with van der Waals surface area (Å²) in [6.45, 7) is 11.6. The number of phenolic OH excluding ortho intramolecular Hbond substituents is 1. The zero-order chi connectivity index (χ0) is 24.9. The number of amides is 1. The first-order valence-electron chi connectivity index (χ1n) is 11.2. The van der Waals surface area contributed by atoms with E-state index < -0.39 is 17.7 Å². The Hall–Kier alpha value is -3.80. The highest BCUT2D eigenvalue weighted by atomic mass is 16.3. The second-order valence-electron chi connectivity index (χ2n) is 9.89. The first-order valence-corrected chi connectivity index (χ1v) is 11.2. The summed E-state index contributed by atoms with van der Waals surface area (Å²) in [5.74, 6) is -1.17.